The SMILES string of the molecule is Cn1nc(C(F)(F)F)cc1[C@H](c1ccc(Cl)c(F)c1)[C@H](N)C(=O)Cc1cncc(F)c1CC[C@H]1CN[C@@H]2CCCS(=O)(=O)N1C2. The Morgan fingerprint density at radius 2 is 1.96 bits per heavy atom. The number of nitrogens with one attached hydrogen (secondary N) is 1. The molecule has 3 aromatic rings. The highest BCUT2D eigenvalue weighted by Crippen LogP contribution is 2.35. The largest absolute Gasteiger partial charge is 0.435 e. The van der Waals surface area contributed by atoms with Crippen LogP contribution < -0.4 is 11.1 Å². The van der Waals surface area contributed by atoms with Crippen LogP contribution in [0.15, 0.2) is 36.7 Å². The summed E-state index contributed by atoms with van der Waals surface area (Å²) in [6.07, 6.45) is -1.25. The van der Waals surface area contributed by atoms with Gasteiger partial charge in [-0.15, -0.1) is 0 Å². The van der Waals surface area contributed by atoms with Crippen molar-refractivity contribution >= 4 is 27.4 Å². The first-order valence-electron chi connectivity index (χ1n) is 14.3. The quantitative estimate of drug-likeness (QED) is 0.332. The van der Waals surface area contributed by atoms with Crippen LogP contribution in [0.2, 0.25) is 5.02 Å². The molecule has 0 saturated carbocycles. The van der Waals surface area contributed by atoms with Crippen molar-refractivity contribution in [2.75, 3.05) is 18.8 Å². The van der Waals surface area contributed by atoms with Crippen LogP contribution in [0.4, 0.5) is 22.0 Å². The molecule has 2 aliphatic rings. The Labute approximate surface area is 262 Å². The fraction of sp³-hybridized carbons (Fsp3) is 0.483. The van der Waals surface area contributed by atoms with Gasteiger partial charge in [-0.25, -0.2) is 17.2 Å². The number of alkyl halides is 3. The van der Waals surface area contributed by atoms with Crippen LogP contribution in [0.1, 0.15) is 53.3 Å². The summed E-state index contributed by atoms with van der Waals surface area (Å²) in [5.41, 5.74) is 5.55. The number of hydrogen-bond acceptors (Lipinski definition) is 7. The van der Waals surface area contributed by atoms with Gasteiger partial charge in [-0.3, -0.25) is 14.5 Å². The van der Waals surface area contributed by atoms with Crippen LogP contribution in [-0.2, 0) is 40.9 Å². The molecule has 244 valence electrons. The number of nitrogens with zero attached hydrogens (tertiary/aromatic N) is 4. The molecule has 5 atom stereocenters. The number of aryl methyl sites for hydroxylation is 1. The van der Waals surface area contributed by atoms with E-state index in [2.05, 4.69) is 15.4 Å². The van der Waals surface area contributed by atoms with E-state index in [0.717, 1.165) is 29.4 Å². The second-order valence-electron chi connectivity index (χ2n) is 11.5. The molecule has 2 saturated heterocycles. The minimum absolute atomic E-state index is 0.0444. The zero-order valence-corrected chi connectivity index (χ0v) is 25.8. The van der Waals surface area contributed by atoms with Gasteiger partial charge < -0.3 is 11.1 Å². The van der Waals surface area contributed by atoms with Crippen LogP contribution in [-0.4, -0.2) is 70.2 Å². The van der Waals surface area contributed by atoms with Crippen molar-refractivity contribution in [3.8, 4) is 0 Å². The van der Waals surface area contributed by atoms with Gasteiger partial charge in [-0.1, -0.05) is 17.7 Å². The van der Waals surface area contributed by atoms with Gasteiger partial charge in [0.05, 0.1) is 23.0 Å². The van der Waals surface area contributed by atoms with Crippen molar-refractivity contribution in [1.82, 2.24) is 24.4 Å². The highest BCUT2D eigenvalue weighted by Gasteiger charge is 2.39. The number of carbonyl (C=O) groups excluding carboxylic acids is 1. The summed E-state index contributed by atoms with van der Waals surface area (Å²) in [6.45, 7) is 0.739. The average Bonchev–Trinajstić information content (AvgIpc) is 3.31. The number of piperazine rings is 1. The molecule has 2 fully saturated rings. The number of sulfonamides is 1. The van der Waals surface area contributed by atoms with Crippen LogP contribution in [0.5, 0.6) is 0 Å². The predicted octanol–water partition coefficient (Wildman–Crippen LogP) is 3.74. The third-order valence-corrected chi connectivity index (χ3v) is 10.8. The summed E-state index contributed by atoms with van der Waals surface area (Å²) in [5.74, 6) is -3.44. The monoisotopic (exact) mass is 674 g/mol. The fourth-order valence-electron chi connectivity index (χ4n) is 6.16. The Hall–Kier alpha value is -2.98. The lowest BCUT2D eigenvalue weighted by Crippen LogP contribution is -2.57. The molecule has 2 aliphatic heterocycles. The van der Waals surface area contributed by atoms with Crippen molar-refractivity contribution in [3.63, 3.8) is 0 Å². The van der Waals surface area contributed by atoms with E-state index in [4.69, 9.17) is 17.3 Å². The molecule has 5 rings (SSSR count). The first-order valence-corrected chi connectivity index (χ1v) is 16.3. The number of ketones is 1. The topological polar surface area (TPSA) is 123 Å². The van der Waals surface area contributed by atoms with Crippen molar-refractivity contribution in [2.45, 2.75) is 62.3 Å². The van der Waals surface area contributed by atoms with E-state index in [1.54, 1.807) is 0 Å². The molecule has 9 nitrogen and oxygen atoms in total. The lowest BCUT2D eigenvalue weighted by molar-refractivity contribution is -0.141. The molecule has 0 aliphatic carbocycles. The summed E-state index contributed by atoms with van der Waals surface area (Å²) >= 11 is 5.82. The fourth-order valence-corrected chi connectivity index (χ4v) is 8.09. The smallest absolute Gasteiger partial charge is 0.321 e. The van der Waals surface area contributed by atoms with Gasteiger partial charge in [0.2, 0.25) is 10.0 Å². The minimum atomic E-state index is -4.79. The van der Waals surface area contributed by atoms with Gasteiger partial charge in [0.15, 0.2) is 11.5 Å². The molecule has 1 unspecified atom stereocenters. The summed E-state index contributed by atoms with van der Waals surface area (Å²) in [4.78, 5) is 17.5. The van der Waals surface area contributed by atoms with Crippen molar-refractivity contribution in [1.29, 1.82) is 0 Å². The number of carbonyl (C=O) groups is 1. The van der Waals surface area contributed by atoms with Gasteiger partial charge in [0.25, 0.3) is 0 Å². The first kappa shape index (κ1) is 33.4. The van der Waals surface area contributed by atoms with Crippen molar-refractivity contribution in [3.05, 3.63) is 81.4 Å². The Morgan fingerprint density at radius 3 is 2.64 bits per heavy atom. The Balaban J connectivity index is 1.41. The Morgan fingerprint density at radius 1 is 1.20 bits per heavy atom. The van der Waals surface area contributed by atoms with Gasteiger partial charge in [0.1, 0.15) is 11.6 Å². The molecular weight excluding hydrogens is 643 g/mol. The molecule has 2 bridgehead atoms. The second kappa shape index (κ2) is 13.0. The second-order valence-corrected chi connectivity index (χ2v) is 13.9. The molecule has 3 N–H and O–H groups in total. The van der Waals surface area contributed by atoms with Crippen LogP contribution in [0, 0.1) is 11.6 Å². The number of halogens is 6. The summed E-state index contributed by atoms with van der Waals surface area (Å²) in [5, 5.41) is 6.65. The highest BCUT2D eigenvalue weighted by atomic mass is 35.5. The highest BCUT2D eigenvalue weighted by molar-refractivity contribution is 7.89. The molecule has 2 aromatic heterocycles. The molecule has 4 heterocycles. The molecule has 16 heteroatoms. The maximum absolute atomic E-state index is 15.1. The minimum Gasteiger partial charge on any atom is -0.321 e. The van der Waals surface area contributed by atoms with Gasteiger partial charge >= 0.3 is 6.18 Å². The lowest BCUT2D eigenvalue weighted by Gasteiger charge is -2.37. The van der Waals surface area contributed by atoms with Crippen LogP contribution in [0.3, 0.4) is 0 Å². The van der Waals surface area contributed by atoms with Gasteiger partial charge in [-0.2, -0.15) is 22.6 Å². The summed E-state index contributed by atoms with van der Waals surface area (Å²) in [6, 6.07) is 2.45. The molecule has 1 aromatic carbocycles. The standard InChI is InChI=1S/C29H32ClF5N6O3S/c1-40-24(11-26(39-40)29(33,34)35)27(16-4-7-21(30)22(31)9-16)28(36)25(42)10-17-12-37-14-23(32)20(17)6-5-19-13-38-18-3-2-8-45(43,44)41(19)15-18/h4,7,9,11-12,14,18-19,27-28,38H,2-3,5-6,8,10,13,15,36H2,1H3/t18-,19+,27+,28-/m1/s1. The third kappa shape index (κ3) is 7.22. The van der Waals surface area contributed by atoms with E-state index < -0.39 is 63.7 Å². The number of benzene rings is 1. The lowest BCUT2D eigenvalue weighted by atomic mass is 9.84. The van der Waals surface area contributed by atoms with Crippen molar-refractivity contribution in [2.24, 2.45) is 12.8 Å². The number of aromatic nitrogens is 3. The van der Waals surface area contributed by atoms with E-state index in [-0.39, 0.29) is 52.0 Å². The predicted molar refractivity (Wildman–Crippen MR) is 156 cm³/mol. The number of fused-ring (bicyclic) bond motifs is 2. The van der Waals surface area contributed by atoms with Gasteiger partial charge in [-0.05, 0) is 60.6 Å². The number of pyridine rings is 1. The van der Waals surface area contributed by atoms with Gasteiger partial charge in [0, 0.05) is 56.5 Å². The van der Waals surface area contributed by atoms with E-state index in [1.165, 1.54) is 29.7 Å². The maximum atomic E-state index is 15.1. The molecular formula is C29H32ClF5N6O3S. The van der Waals surface area contributed by atoms with Crippen LogP contribution >= 0.6 is 11.6 Å². The first-order chi connectivity index (χ1) is 21.2. The van der Waals surface area contributed by atoms with Crippen LogP contribution in [0.25, 0.3) is 0 Å². The number of hydrogen-bond donors (Lipinski definition) is 2. The van der Waals surface area contributed by atoms with E-state index in [0.29, 0.717) is 19.5 Å². The van der Waals surface area contributed by atoms with E-state index in [9.17, 15) is 30.8 Å². The van der Waals surface area contributed by atoms with Crippen molar-refractivity contribution < 1.29 is 35.2 Å². The Bertz CT molecular complexity index is 1680. The normalized spacial score (nSPS) is 22.9. The number of nitrogens with two attached hydrogens (primary N) is 1. The molecule has 45 heavy (non-hydrogen) atoms. The third-order valence-electron chi connectivity index (χ3n) is 8.51. The average molecular weight is 675 g/mol. The van der Waals surface area contributed by atoms with E-state index >= 15 is 4.39 Å². The Kier molecular flexibility index (Phi) is 9.66. The maximum Gasteiger partial charge on any atom is 0.435 e. The zero-order valence-electron chi connectivity index (χ0n) is 24.2. The summed E-state index contributed by atoms with van der Waals surface area (Å²) < 4.78 is 98.3. The molecule has 0 amide bonds. The molecule has 0 radical (unpaired) electrons. The molecule has 0 spiro atoms. The zero-order chi connectivity index (χ0) is 32.7. The number of rotatable bonds is 9. The summed E-state index contributed by atoms with van der Waals surface area (Å²) in [7, 11) is -2.22. The number of Topliss-reactive ketones (excluding diaryl/α,β-unsaturated/α-hetero) is 1. The van der Waals surface area contributed by atoms with E-state index in [1.807, 2.05) is 0 Å².